The molecule has 0 atom stereocenters. The first kappa shape index (κ1) is 17.7. The molecule has 3 aromatic rings. The summed E-state index contributed by atoms with van der Waals surface area (Å²) < 4.78 is 7.69. The second kappa shape index (κ2) is 7.82. The lowest BCUT2D eigenvalue weighted by Crippen LogP contribution is -2.22. The van der Waals surface area contributed by atoms with Crippen molar-refractivity contribution in [3.05, 3.63) is 71.7 Å². The van der Waals surface area contributed by atoms with Gasteiger partial charge in [-0.3, -0.25) is 9.48 Å². The monoisotopic (exact) mass is 350 g/mol. The highest BCUT2D eigenvalue weighted by Crippen LogP contribution is 2.25. The third-order valence-electron chi connectivity index (χ3n) is 3.98. The van der Waals surface area contributed by atoms with E-state index in [1.165, 1.54) is 0 Å². The summed E-state index contributed by atoms with van der Waals surface area (Å²) in [6.45, 7) is 6.33. The van der Waals surface area contributed by atoms with Gasteiger partial charge in [-0.1, -0.05) is 24.3 Å². The van der Waals surface area contributed by atoms with E-state index in [0.29, 0.717) is 18.0 Å². The summed E-state index contributed by atoms with van der Waals surface area (Å²) in [6, 6.07) is 11.7. The Balaban J connectivity index is 1.70. The van der Waals surface area contributed by atoms with Crippen molar-refractivity contribution < 1.29 is 9.53 Å². The van der Waals surface area contributed by atoms with Crippen LogP contribution in [0.4, 0.5) is 0 Å². The van der Waals surface area contributed by atoms with Gasteiger partial charge in [0, 0.05) is 30.5 Å². The zero-order chi connectivity index (χ0) is 18.5. The summed E-state index contributed by atoms with van der Waals surface area (Å²) in [5.41, 5.74) is 2.36. The second-order valence-corrected chi connectivity index (χ2v) is 6.32. The minimum atomic E-state index is -0.178. The first-order valence-electron chi connectivity index (χ1n) is 8.54. The van der Waals surface area contributed by atoms with Crippen molar-refractivity contribution in [2.75, 3.05) is 0 Å². The molecule has 6 heteroatoms. The topological polar surface area (TPSA) is 69.0 Å². The van der Waals surface area contributed by atoms with E-state index in [9.17, 15) is 4.79 Å². The number of carbonyl (C=O) groups is 1. The van der Waals surface area contributed by atoms with Crippen molar-refractivity contribution in [3.63, 3.8) is 0 Å². The summed E-state index contributed by atoms with van der Waals surface area (Å²) in [6.07, 6.45) is 4.99. The quantitative estimate of drug-likeness (QED) is 0.732. The van der Waals surface area contributed by atoms with E-state index in [0.717, 1.165) is 16.9 Å². The lowest BCUT2D eigenvalue weighted by atomic mass is 10.2. The van der Waals surface area contributed by atoms with Crippen LogP contribution in [0.2, 0.25) is 0 Å². The first-order chi connectivity index (χ1) is 12.5. The zero-order valence-electron chi connectivity index (χ0n) is 15.1. The first-order valence-corrected chi connectivity index (χ1v) is 8.54. The van der Waals surface area contributed by atoms with Gasteiger partial charge in [-0.2, -0.15) is 5.10 Å². The maximum absolute atomic E-state index is 12.4. The third-order valence-corrected chi connectivity index (χ3v) is 3.98. The molecule has 0 bridgehead atoms. The Kier molecular flexibility index (Phi) is 5.31. The minimum absolute atomic E-state index is 0.178. The van der Waals surface area contributed by atoms with Gasteiger partial charge in [0.1, 0.15) is 5.75 Å². The molecule has 26 heavy (non-hydrogen) atoms. The standard InChI is InChI=1S/C20H22N4O2/c1-14(2)24-13-17(12-23-24)19(25)22-11-16-8-6-10-21-20(16)26-18-9-5-4-7-15(18)3/h4-10,12-14H,11H2,1-3H3,(H,22,25). The van der Waals surface area contributed by atoms with Crippen LogP contribution in [0.25, 0.3) is 0 Å². The van der Waals surface area contributed by atoms with Gasteiger partial charge in [0.05, 0.1) is 11.8 Å². The van der Waals surface area contributed by atoms with Crippen molar-refractivity contribution in [1.82, 2.24) is 20.1 Å². The fourth-order valence-electron chi connectivity index (χ4n) is 2.44. The van der Waals surface area contributed by atoms with Crippen LogP contribution in [0.5, 0.6) is 11.6 Å². The second-order valence-electron chi connectivity index (χ2n) is 6.32. The molecule has 2 aromatic heterocycles. The Hall–Kier alpha value is -3.15. The van der Waals surface area contributed by atoms with Crippen molar-refractivity contribution in [2.24, 2.45) is 0 Å². The number of rotatable bonds is 6. The molecule has 0 fully saturated rings. The number of carbonyl (C=O) groups excluding carboxylic acids is 1. The lowest BCUT2D eigenvalue weighted by molar-refractivity contribution is 0.0950. The molecule has 0 aliphatic carbocycles. The molecule has 0 radical (unpaired) electrons. The van der Waals surface area contributed by atoms with E-state index >= 15 is 0 Å². The number of para-hydroxylation sites is 1. The third kappa shape index (κ3) is 4.08. The highest BCUT2D eigenvalue weighted by atomic mass is 16.5. The molecule has 3 rings (SSSR count). The Morgan fingerprint density at radius 3 is 2.77 bits per heavy atom. The van der Waals surface area contributed by atoms with Crippen LogP contribution in [0.3, 0.4) is 0 Å². The summed E-state index contributed by atoms with van der Waals surface area (Å²) in [4.78, 5) is 16.7. The molecule has 0 saturated heterocycles. The SMILES string of the molecule is Cc1ccccc1Oc1ncccc1CNC(=O)c1cnn(C(C)C)c1. The lowest BCUT2D eigenvalue weighted by Gasteiger charge is -2.12. The number of hydrogen-bond donors (Lipinski definition) is 1. The van der Waals surface area contributed by atoms with Crippen molar-refractivity contribution in [3.8, 4) is 11.6 Å². The van der Waals surface area contributed by atoms with Crippen LogP contribution in [-0.4, -0.2) is 20.7 Å². The van der Waals surface area contributed by atoms with Gasteiger partial charge in [-0.15, -0.1) is 0 Å². The summed E-state index contributed by atoms with van der Waals surface area (Å²) >= 11 is 0. The fraction of sp³-hybridized carbons (Fsp3) is 0.250. The average Bonchev–Trinajstić information content (AvgIpc) is 3.13. The summed E-state index contributed by atoms with van der Waals surface area (Å²) in [5, 5.41) is 7.09. The largest absolute Gasteiger partial charge is 0.438 e. The maximum Gasteiger partial charge on any atom is 0.254 e. The molecule has 1 N–H and O–H groups in total. The highest BCUT2D eigenvalue weighted by molar-refractivity contribution is 5.93. The molecule has 6 nitrogen and oxygen atoms in total. The number of nitrogens with zero attached hydrogens (tertiary/aromatic N) is 3. The van der Waals surface area contributed by atoms with Crippen molar-refractivity contribution in [2.45, 2.75) is 33.4 Å². The van der Waals surface area contributed by atoms with Gasteiger partial charge in [0.2, 0.25) is 5.88 Å². The molecule has 1 aromatic carbocycles. The molecule has 0 saturated carbocycles. The van der Waals surface area contributed by atoms with Crippen LogP contribution in [0, 0.1) is 6.92 Å². The predicted octanol–water partition coefficient (Wildman–Crippen LogP) is 3.89. The van der Waals surface area contributed by atoms with E-state index in [1.54, 1.807) is 23.3 Å². The van der Waals surface area contributed by atoms with Gasteiger partial charge in [0.25, 0.3) is 5.91 Å². The minimum Gasteiger partial charge on any atom is -0.438 e. The number of aromatic nitrogens is 3. The van der Waals surface area contributed by atoms with Crippen LogP contribution in [0.15, 0.2) is 55.0 Å². The Labute approximate surface area is 152 Å². The number of ether oxygens (including phenoxy) is 1. The van der Waals surface area contributed by atoms with E-state index < -0.39 is 0 Å². The molecule has 0 unspecified atom stereocenters. The normalized spacial score (nSPS) is 10.8. The molecule has 0 spiro atoms. The van der Waals surface area contributed by atoms with Crippen molar-refractivity contribution >= 4 is 5.91 Å². The molecule has 0 aliphatic rings. The zero-order valence-corrected chi connectivity index (χ0v) is 15.1. The summed E-state index contributed by atoms with van der Waals surface area (Å²) in [5.74, 6) is 1.06. The molecule has 0 aliphatic heterocycles. The van der Waals surface area contributed by atoms with Crippen LogP contribution in [-0.2, 0) is 6.54 Å². The van der Waals surface area contributed by atoms with Crippen molar-refractivity contribution in [1.29, 1.82) is 0 Å². The maximum atomic E-state index is 12.4. The summed E-state index contributed by atoms with van der Waals surface area (Å²) in [7, 11) is 0. The van der Waals surface area contributed by atoms with Gasteiger partial charge >= 0.3 is 0 Å². The molecular weight excluding hydrogens is 328 g/mol. The van der Waals surface area contributed by atoms with Gasteiger partial charge in [-0.25, -0.2) is 4.98 Å². The van der Waals surface area contributed by atoms with E-state index in [1.807, 2.05) is 57.2 Å². The number of aryl methyl sites for hydroxylation is 1. The number of amides is 1. The molecule has 2 heterocycles. The highest BCUT2D eigenvalue weighted by Gasteiger charge is 2.12. The predicted molar refractivity (Wildman–Crippen MR) is 99.3 cm³/mol. The van der Waals surface area contributed by atoms with Gasteiger partial charge in [0.15, 0.2) is 0 Å². The van der Waals surface area contributed by atoms with E-state index in [4.69, 9.17) is 4.74 Å². The Morgan fingerprint density at radius 1 is 1.23 bits per heavy atom. The fourth-order valence-corrected chi connectivity index (χ4v) is 2.44. The Bertz CT molecular complexity index is 902. The van der Waals surface area contributed by atoms with E-state index in [2.05, 4.69) is 15.4 Å². The molecular formula is C20H22N4O2. The molecule has 1 amide bonds. The van der Waals surface area contributed by atoms with Crippen LogP contribution in [0.1, 0.15) is 41.4 Å². The Morgan fingerprint density at radius 2 is 2.04 bits per heavy atom. The number of pyridine rings is 1. The number of nitrogens with one attached hydrogen (secondary N) is 1. The van der Waals surface area contributed by atoms with Crippen LogP contribution < -0.4 is 10.1 Å². The van der Waals surface area contributed by atoms with Gasteiger partial charge in [-0.05, 0) is 38.5 Å². The van der Waals surface area contributed by atoms with Gasteiger partial charge < -0.3 is 10.1 Å². The van der Waals surface area contributed by atoms with E-state index in [-0.39, 0.29) is 11.9 Å². The number of benzene rings is 1. The number of hydrogen-bond acceptors (Lipinski definition) is 4. The van der Waals surface area contributed by atoms with Crippen LogP contribution >= 0.6 is 0 Å². The smallest absolute Gasteiger partial charge is 0.254 e. The molecule has 134 valence electrons. The average molecular weight is 350 g/mol.